The molecule has 3 aromatic rings. The number of hydrogen-bond donors (Lipinski definition) is 3. The molecule has 0 saturated heterocycles. The van der Waals surface area contributed by atoms with Crippen LogP contribution in [0.3, 0.4) is 0 Å². The van der Waals surface area contributed by atoms with Crippen LogP contribution < -0.4 is 15.8 Å². The van der Waals surface area contributed by atoms with Gasteiger partial charge in [-0.2, -0.15) is 4.98 Å². The second-order valence-corrected chi connectivity index (χ2v) is 5.83. The van der Waals surface area contributed by atoms with Gasteiger partial charge in [0.1, 0.15) is 6.61 Å². The lowest BCUT2D eigenvalue weighted by atomic mass is 10.1. The Bertz CT molecular complexity index is 840. The molecule has 134 valence electrons. The van der Waals surface area contributed by atoms with Crippen molar-refractivity contribution in [3.63, 3.8) is 0 Å². The quantitative estimate of drug-likeness (QED) is 0.414. The molecule has 2 aromatic heterocycles. The van der Waals surface area contributed by atoms with E-state index < -0.39 is 0 Å². The molecule has 0 aliphatic carbocycles. The number of nitrogens with zero attached hydrogens (tertiary/aromatic N) is 2. The first-order chi connectivity index (χ1) is 11.7. The number of anilines is 1. The van der Waals surface area contributed by atoms with Crippen molar-refractivity contribution >= 4 is 52.3 Å². The van der Waals surface area contributed by atoms with Crippen molar-refractivity contribution in [1.29, 1.82) is 0 Å². The van der Waals surface area contributed by atoms with Crippen molar-refractivity contribution in [1.82, 2.24) is 15.0 Å². The van der Waals surface area contributed by atoms with Gasteiger partial charge < -0.3 is 20.8 Å². The van der Waals surface area contributed by atoms with E-state index in [1.807, 2.05) is 18.3 Å². The Balaban J connectivity index is 0.00000225. The number of ether oxygens (including phenoxy) is 1. The van der Waals surface area contributed by atoms with Gasteiger partial charge in [-0.25, -0.2) is 4.98 Å². The van der Waals surface area contributed by atoms with Gasteiger partial charge in [-0.15, -0.1) is 12.4 Å². The standard InChI is InChI=1S/C16H17Cl2N5O.ClH/c17-14-13(24-8-6-19)15(23-16(18)22-14)20-7-5-10-9-21-12-4-2-1-3-11(10)12;/h1-4,9,21H,5-8,19H2,(H,20,22,23);1H. The van der Waals surface area contributed by atoms with Gasteiger partial charge in [0, 0.05) is 30.2 Å². The first kappa shape index (κ1) is 19.6. The van der Waals surface area contributed by atoms with Crippen LogP contribution in [0.5, 0.6) is 5.75 Å². The number of halogens is 3. The summed E-state index contributed by atoms with van der Waals surface area (Å²) in [7, 11) is 0. The van der Waals surface area contributed by atoms with Crippen molar-refractivity contribution in [2.24, 2.45) is 5.73 Å². The van der Waals surface area contributed by atoms with Gasteiger partial charge >= 0.3 is 0 Å². The molecule has 0 aliphatic heterocycles. The van der Waals surface area contributed by atoms with Crippen LogP contribution in [-0.2, 0) is 6.42 Å². The van der Waals surface area contributed by atoms with Crippen molar-refractivity contribution in [2.45, 2.75) is 6.42 Å². The third kappa shape index (κ3) is 4.67. The van der Waals surface area contributed by atoms with Crippen molar-refractivity contribution in [2.75, 3.05) is 25.0 Å². The van der Waals surface area contributed by atoms with Gasteiger partial charge in [0.2, 0.25) is 5.28 Å². The lowest BCUT2D eigenvalue weighted by molar-refractivity contribution is 0.327. The molecule has 0 amide bonds. The van der Waals surface area contributed by atoms with Crippen molar-refractivity contribution in [3.8, 4) is 5.75 Å². The van der Waals surface area contributed by atoms with E-state index in [-0.39, 0.29) is 22.8 Å². The summed E-state index contributed by atoms with van der Waals surface area (Å²) < 4.78 is 5.52. The zero-order valence-corrected chi connectivity index (χ0v) is 15.6. The van der Waals surface area contributed by atoms with E-state index in [2.05, 4.69) is 32.4 Å². The summed E-state index contributed by atoms with van der Waals surface area (Å²) in [6.45, 7) is 1.33. The first-order valence-corrected chi connectivity index (χ1v) is 8.29. The number of nitrogens with one attached hydrogen (secondary N) is 2. The van der Waals surface area contributed by atoms with Gasteiger partial charge in [-0.3, -0.25) is 0 Å². The molecule has 0 atom stereocenters. The maximum absolute atomic E-state index is 6.08. The van der Waals surface area contributed by atoms with Gasteiger partial charge in [-0.1, -0.05) is 29.8 Å². The number of benzene rings is 1. The number of para-hydroxylation sites is 1. The van der Waals surface area contributed by atoms with Crippen LogP contribution in [0.1, 0.15) is 5.56 Å². The summed E-state index contributed by atoms with van der Waals surface area (Å²) in [6, 6.07) is 8.17. The Kier molecular flexibility index (Phi) is 7.13. The fourth-order valence-electron chi connectivity index (χ4n) is 2.46. The Morgan fingerprint density at radius 3 is 2.80 bits per heavy atom. The second-order valence-electron chi connectivity index (χ2n) is 5.13. The maximum Gasteiger partial charge on any atom is 0.226 e. The number of rotatable bonds is 7. The van der Waals surface area contributed by atoms with Crippen molar-refractivity contribution in [3.05, 3.63) is 46.5 Å². The Labute approximate surface area is 161 Å². The van der Waals surface area contributed by atoms with Gasteiger partial charge in [-0.05, 0) is 29.7 Å². The molecular weight excluding hydrogens is 385 g/mol. The highest BCUT2D eigenvalue weighted by Gasteiger charge is 2.14. The highest BCUT2D eigenvalue weighted by molar-refractivity contribution is 6.33. The van der Waals surface area contributed by atoms with E-state index in [1.54, 1.807) is 0 Å². The van der Waals surface area contributed by atoms with E-state index in [4.69, 9.17) is 33.7 Å². The monoisotopic (exact) mass is 401 g/mol. The average Bonchev–Trinajstić information content (AvgIpc) is 2.97. The Morgan fingerprint density at radius 2 is 2.00 bits per heavy atom. The van der Waals surface area contributed by atoms with Gasteiger partial charge in [0.25, 0.3) is 0 Å². The molecule has 2 heterocycles. The summed E-state index contributed by atoms with van der Waals surface area (Å²) in [6.07, 6.45) is 2.82. The number of H-pyrrole nitrogens is 1. The molecule has 3 rings (SSSR count). The number of aromatic amines is 1. The summed E-state index contributed by atoms with van der Waals surface area (Å²) >= 11 is 12.0. The predicted octanol–water partition coefficient (Wildman–Crippen LogP) is 3.68. The fourth-order valence-corrected chi connectivity index (χ4v) is 2.90. The number of hydrogen-bond acceptors (Lipinski definition) is 5. The second kappa shape index (κ2) is 9.10. The third-order valence-electron chi connectivity index (χ3n) is 3.52. The molecule has 0 saturated carbocycles. The summed E-state index contributed by atoms with van der Waals surface area (Å²) in [5.74, 6) is 0.832. The molecule has 25 heavy (non-hydrogen) atoms. The largest absolute Gasteiger partial charge is 0.486 e. The van der Waals surface area contributed by atoms with Crippen LogP contribution >= 0.6 is 35.6 Å². The van der Waals surface area contributed by atoms with Crippen LogP contribution in [-0.4, -0.2) is 34.6 Å². The SMILES string of the molecule is Cl.NCCOc1c(Cl)nc(Cl)nc1NCCc1c[nH]c2ccccc12. The highest BCUT2D eigenvalue weighted by Crippen LogP contribution is 2.31. The molecule has 0 unspecified atom stereocenters. The molecule has 6 nitrogen and oxygen atoms in total. The molecule has 9 heteroatoms. The molecule has 0 bridgehead atoms. The number of fused-ring (bicyclic) bond motifs is 1. The van der Waals surface area contributed by atoms with E-state index >= 15 is 0 Å². The molecule has 1 aromatic carbocycles. The van der Waals surface area contributed by atoms with Crippen LogP contribution in [0.25, 0.3) is 10.9 Å². The lowest BCUT2D eigenvalue weighted by Gasteiger charge is -2.13. The van der Waals surface area contributed by atoms with Crippen LogP contribution in [0.2, 0.25) is 10.4 Å². The van der Waals surface area contributed by atoms with E-state index in [1.165, 1.54) is 10.9 Å². The zero-order chi connectivity index (χ0) is 16.9. The molecule has 0 aliphatic rings. The summed E-state index contributed by atoms with van der Waals surface area (Å²) in [5.41, 5.74) is 7.80. The smallest absolute Gasteiger partial charge is 0.226 e. The van der Waals surface area contributed by atoms with E-state index in [0.717, 1.165) is 11.9 Å². The maximum atomic E-state index is 6.08. The van der Waals surface area contributed by atoms with Crippen LogP contribution in [0.15, 0.2) is 30.5 Å². The molecule has 0 spiro atoms. The molecule has 0 fully saturated rings. The zero-order valence-electron chi connectivity index (χ0n) is 13.3. The first-order valence-electron chi connectivity index (χ1n) is 7.54. The highest BCUT2D eigenvalue weighted by atomic mass is 35.5. The summed E-state index contributed by atoms with van der Waals surface area (Å²) in [5, 5.41) is 4.64. The van der Waals surface area contributed by atoms with E-state index in [0.29, 0.717) is 31.3 Å². The Morgan fingerprint density at radius 1 is 1.20 bits per heavy atom. The van der Waals surface area contributed by atoms with E-state index in [9.17, 15) is 0 Å². The topological polar surface area (TPSA) is 88.8 Å². The normalized spacial score (nSPS) is 10.5. The van der Waals surface area contributed by atoms with Crippen molar-refractivity contribution < 1.29 is 4.74 Å². The fraction of sp³-hybridized carbons (Fsp3) is 0.250. The predicted molar refractivity (Wildman–Crippen MR) is 104 cm³/mol. The third-order valence-corrected chi connectivity index (χ3v) is 3.95. The number of nitrogens with two attached hydrogens (primary N) is 1. The lowest BCUT2D eigenvalue weighted by Crippen LogP contribution is -2.14. The minimum Gasteiger partial charge on any atom is -0.486 e. The minimum absolute atomic E-state index is 0. The molecule has 4 N–H and O–H groups in total. The number of aromatic nitrogens is 3. The molecular formula is C16H18Cl3N5O. The van der Waals surface area contributed by atoms with Crippen LogP contribution in [0, 0.1) is 0 Å². The van der Waals surface area contributed by atoms with Gasteiger partial charge in [0.05, 0.1) is 0 Å². The van der Waals surface area contributed by atoms with Gasteiger partial charge in [0.15, 0.2) is 16.7 Å². The Hall–Kier alpha value is -1.73. The molecule has 0 radical (unpaired) electrons. The minimum atomic E-state index is 0. The van der Waals surface area contributed by atoms with Crippen LogP contribution in [0.4, 0.5) is 5.82 Å². The summed E-state index contributed by atoms with van der Waals surface area (Å²) in [4.78, 5) is 11.3. The average molecular weight is 403 g/mol.